The third kappa shape index (κ3) is 1.94. The van der Waals surface area contributed by atoms with Crippen LogP contribution in [0.3, 0.4) is 0 Å². The second-order valence-corrected chi connectivity index (χ2v) is 6.82. The number of fused-ring (bicyclic) bond motifs is 5. The molecule has 3 saturated carbocycles. The van der Waals surface area contributed by atoms with Crippen LogP contribution in [0.5, 0.6) is 0 Å². The number of halogens is 1. The number of benzene rings is 1. The van der Waals surface area contributed by atoms with Gasteiger partial charge in [0.05, 0.1) is 4.92 Å². The molecule has 0 heterocycles. The molecule has 3 aliphatic carbocycles. The van der Waals surface area contributed by atoms with E-state index >= 15 is 0 Å². The Balaban J connectivity index is 1.47. The molecule has 4 rings (SSSR count). The molecule has 0 radical (unpaired) electrons. The molecule has 110 valence electrons. The van der Waals surface area contributed by atoms with Gasteiger partial charge in [-0.1, -0.05) is 11.6 Å². The highest BCUT2D eigenvalue weighted by molar-refractivity contribution is 6.33. The van der Waals surface area contributed by atoms with E-state index in [1.165, 1.54) is 37.5 Å². The van der Waals surface area contributed by atoms with Crippen molar-refractivity contribution in [2.75, 3.05) is 0 Å². The summed E-state index contributed by atoms with van der Waals surface area (Å²) in [5.41, 5.74) is 0.220. The van der Waals surface area contributed by atoms with Crippen molar-refractivity contribution < 1.29 is 9.72 Å². The van der Waals surface area contributed by atoms with Gasteiger partial charge in [-0.2, -0.15) is 0 Å². The largest absolute Gasteiger partial charge is 0.349 e. The molecule has 0 aromatic heterocycles. The highest BCUT2D eigenvalue weighted by atomic mass is 35.5. The van der Waals surface area contributed by atoms with Crippen LogP contribution in [0.1, 0.15) is 29.6 Å². The zero-order chi connectivity index (χ0) is 14.7. The zero-order valence-corrected chi connectivity index (χ0v) is 12.0. The SMILES string of the molecule is O=C(NC1C2C3CCC(C3)C12)c1ccc([N+](=O)[O-])c(Cl)c1. The predicted molar refractivity (Wildman–Crippen MR) is 77.2 cm³/mol. The average Bonchev–Trinajstić information content (AvgIpc) is 2.83. The van der Waals surface area contributed by atoms with Crippen molar-refractivity contribution in [1.82, 2.24) is 5.32 Å². The minimum atomic E-state index is -0.549. The molecule has 2 bridgehead atoms. The van der Waals surface area contributed by atoms with Gasteiger partial charge in [0, 0.05) is 17.7 Å². The summed E-state index contributed by atoms with van der Waals surface area (Å²) in [4.78, 5) is 22.4. The number of hydrogen-bond donors (Lipinski definition) is 1. The Morgan fingerprint density at radius 1 is 1.29 bits per heavy atom. The molecule has 4 unspecified atom stereocenters. The normalized spacial score (nSPS) is 35.4. The van der Waals surface area contributed by atoms with Crippen molar-refractivity contribution in [3.63, 3.8) is 0 Å². The molecular weight excluding hydrogens is 292 g/mol. The van der Waals surface area contributed by atoms with E-state index in [0.29, 0.717) is 23.4 Å². The lowest BCUT2D eigenvalue weighted by atomic mass is 10.0. The number of carbonyl (C=O) groups is 1. The Bertz CT molecular complexity index is 632. The number of nitro benzene ring substituents is 1. The Hall–Kier alpha value is -1.62. The van der Waals surface area contributed by atoms with Gasteiger partial charge >= 0.3 is 0 Å². The fourth-order valence-corrected chi connectivity index (χ4v) is 4.80. The molecule has 4 atom stereocenters. The van der Waals surface area contributed by atoms with Crippen LogP contribution in [0, 0.1) is 33.8 Å². The summed E-state index contributed by atoms with van der Waals surface area (Å²) in [6, 6.07) is 4.43. The number of carbonyl (C=O) groups excluding carboxylic acids is 1. The van der Waals surface area contributed by atoms with Crippen molar-refractivity contribution in [3.8, 4) is 0 Å². The summed E-state index contributed by atoms with van der Waals surface area (Å²) in [6.45, 7) is 0. The number of rotatable bonds is 3. The molecule has 1 aromatic carbocycles. The maximum Gasteiger partial charge on any atom is 0.287 e. The van der Waals surface area contributed by atoms with Crippen molar-refractivity contribution in [1.29, 1.82) is 0 Å². The number of nitro groups is 1. The van der Waals surface area contributed by atoms with Crippen molar-refractivity contribution in [2.45, 2.75) is 25.3 Å². The van der Waals surface area contributed by atoms with Crippen LogP contribution in [-0.2, 0) is 0 Å². The molecule has 0 aliphatic heterocycles. The van der Waals surface area contributed by atoms with E-state index in [4.69, 9.17) is 11.6 Å². The Labute approximate surface area is 126 Å². The maximum atomic E-state index is 12.3. The Kier molecular flexibility index (Phi) is 2.76. The number of hydrogen-bond acceptors (Lipinski definition) is 3. The number of nitrogens with one attached hydrogen (secondary N) is 1. The molecule has 21 heavy (non-hydrogen) atoms. The third-order valence-corrected chi connectivity index (χ3v) is 5.74. The van der Waals surface area contributed by atoms with Crippen LogP contribution >= 0.6 is 11.6 Å². The Morgan fingerprint density at radius 2 is 1.95 bits per heavy atom. The topological polar surface area (TPSA) is 72.2 Å². The fourth-order valence-electron chi connectivity index (χ4n) is 4.55. The van der Waals surface area contributed by atoms with Crippen molar-refractivity contribution >= 4 is 23.2 Å². The summed E-state index contributed by atoms with van der Waals surface area (Å²) < 4.78 is 0. The van der Waals surface area contributed by atoms with Crippen molar-refractivity contribution in [2.24, 2.45) is 23.7 Å². The van der Waals surface area contributed by atoms with E-state index in [1.807, 2.05) is 0 Å². The lowest BCUT2D eigenvalue weighted by molar-refractivity contribution is -0.384. The van der Waals surface area contributed by atoms with E-state index < -0.39 is 4.92 Å². The first kappa shape index (κ1) is 13.1. The molecule has 6 heteroatoms. The molecular formula is C15H15ClN2O3. The first-order chi connectivity index (χ1) is 10.1. The van der Waals surface area contributed by atoms with Gasteiger partial charge in [0.2, 0.25) is 0 Å². The fraction of sp³-hybridized carbons (Fsp3) is 0.533. The summed E-state index contributed by atoms with van der Waals surface area (Å²) in [6.07, 6.45) is 3.95. The van der Waals surface area contributed by atoms with Gasteiger partial charge in [-0.15, -0.1) is 0 Å². The van der Waals surface area contributed by atoms with Crippen LogP contribution < -0.4 is 5.32 Å². The zero-order valence-electron chi connectivity index (χ0n) is 11.3. The van der Waals surface area contributed by atoms with E-state index in [1.54, 1.807) is 0 Å². The monoisotopic (exact) mass is 306 g/mol. The van der Waals surface area contributed by atoms with Crippen LogP contribution in [0.25, 0.3) is 0 Å². The lowest BCUT2D eigenvalue weighted by Crippen LogP contribution is -2.29. The molecule has 0 saturated heterocycles. The minimum absolute atomic E-state index is 0.00344. The van der Waals surface area contributed by atoms with Gasteiger partial charge in [0.15, 0.2) is 0 Å². The Morgan fingerprint density at radius 3 is 2.52 bits per heavy atom. The van der Waals surface area contributed by atoms with Gasteiger partial charge in [0.1, 0.15) is 5.02 Å². The van der Waals surface area contributed by atoms with Gasteiger partial charge in [-0.05, 0) is 55.1 Å². The highest BCUT2D eigenvalue weighted by Crippen LogP contribution is 2.65. The van der Waals surface area contributed by atoms with Gasteiger partial charge in [-0.3, -0.25) is 14.9 Å². The standard InChI is InChI=1S/C15H15ClN2O3/c16-10-6-9(3-4-11(10)18(20)21)15(19)17-14-12-7-1-2-8(5-7)13(12)14/h3-4,6-8,12-14H,1-2,5H2,(H,17,19). The molecule has 3 fully saturated rings. The first-order valence-electron chi connectivity index (χ1n) is 7.31. The van der Waals surface area contributed by atoms with E-state index in [2.05, 4.69) is 5.32 Å². The lowest BCUT2D eigenvalue weighted by Gasteiger charge is -2.10. The van der Waals surface area contributed by atoms with E-state index in [9.17, 15) is 14.9 Å². The molecule has 3 aliphatic rings. The highest BCUT2D eigenvalue weighted by Gasteiger charge is 2.65. The predicted octanol–water partition coefficient (Wildman–Crippen LogP) is 3.02. The molecule has 1 amide bonds. The summed E-state index contributed by atoms with van der Waals surface area (Å²) >= 11 is 5.85. The number of nitrogens with zero attached hydrogens (tertiary/aromatic N) is 1. The van der Waals surface area contributed by atoms with Gasteiger partial charge < -0.3 is 5.32 Å². The van der Waals surface area contributed by atoms with Gasteiger partial charge in [0.25, 0.3) is 11.6 Å². The quantitative estimate of drug-likeness (QED) is 0.689. The van der Waals surface area contributed by atoms with Crippen LogP contribution in [0.4, 0.5) is 5.69 Å². The minimum Gasteiger partial charge on any atom is -0.349 e. The summed E-state index contributed by atoms with van der Waals surface area (Å²) in [7, 11) is 0. The molecule has 1 aromatic rings. The van der Waals surface area contributed by atoms with Crippen molar-refractivity contribution in [3.05, 3.63) is 38.9 Å². The average molecular weight is 307 g/mol. The molecule has 1 N–H and O–H groups in total. The number of amides is 1. The van der Waals surface area contributed by atoms with E-state index in [-0.39, 0.29) is 16.6 Å². The third-order valence-electron chi connectivity index (χ3n) is 5.44. The van der Waals surface area contributed by atoms with Crippen LogP contribution in [-0.4, -0.2) is 16.9 Å². The first-order valence-corrected chi connectivity index (χ1v) is 7.69. The van der Waals surface area contributed by atoms with Crippen LogP contribution in [0.2, 0.25) is 5.02 Å². The second-order valence-electron chi connectivity index (χ2n) is 6.41. The summed E-state index contributed by atoms with van der Waals surface area (Å²) in [5, 5.41) is 13.8. The summed E-state index contributed by atoms with van der Waals surface area (Å²) in [5.74, 6) is 2.75. The molecule has 5 nitrogen and oxygen atoms in total. The smallest absolute Gasteiger partial charge is 0.287 e. The molecule has 0 spiro atoms. The second kappa shape index (κ2) is 4.44. The van der Waals surface area contributed by atoms with E-state index in [0.717, 1.165) is 11.8 Å². The maximum absolute atomic E-state index is 12.3. The van der Waals surface area contributed by atoms with Gasteiger partial charge in [-0.25, -0.2) is 0 Å². The van der Waals surface area contributed by atoms with Crippen LogP contribution in [0.15, 0.2) is 18.2 Å².